The molecular weight excluding hydrogens is 290 g/mol. The Morgan fingerprint density at radius 1 is 1.43 bits per heavy atom. The van der Waals surface area contributed by atoms with Crippen molar-refractivity contribution in [3.05, 3.63) is 29.8 Å². The summed E-state index contributed by atoms with van der Waals surface area (Å²) in [6, 6.07) is 8.39. The molecular formula is C18H29N3O2. The number of nitrogens with one attached hydrogen (secondary N) is 2. The highest BCUT2D eigenvalue weighted by atomic mass is 16.5. The summed E-state index contributed by atoms with van der Waals surface area (Å²) in [5, 5.41) is 6.30. The van der Waals surface area contributed by atoms with Gasteiger partial charge in [-0.15, -0.1) is 0 Å². The van der Waals surface area contributed by atoms with Gasteiger partial charge in [-0.25, -0.2) is 0 Å². The van der Waals surface area contributed by atoms with Gasteiger partial charge in [0.05, 0.1) is 12.6 Å². The first-order valence-corrected chi connectivity index (χ1v) is 8.48. The summed E-state index contributed by atoms with van der Waals surface area (Å²) in [6.07, 6.45) is 2.49. The van der Waals surface area contributed by atoms with E-state index in [4.69, 9.17) is 4.74 Å². The Bertz CT molecular complexity index is 505. The molecule has 1 amide bonds. The molecule has 1 saturated heterocycles. The Morgan fingerprint density at radius 2 is 2.26 bits per heavy atom. The zero-order valence-corrected chi connectivity index (χ0v) is 14.5. The van der Waals surface area contributed by atoms with Crippen molar-refractivity contribution >= 4 is 5.91 Å². The van der Waals surface area contributed by atoms with E-state index in [9.17, 15) is 4.79 Å². The van der Waals surface area contributed by atoms with E-state index in [1.54, 1.807) is 0 Å². The predicted octanol–water partition coefficient (Wildman–Crippen LogP) is 1.77. The number of hydrogen-bond acceptors (Lipinski definition) is 4. The minimum Gasteiger partial charge on any atom is -0.491 e. The lowest BCUT2D eigenvalue weighted by Crippen LogP contribution is -2.47. The summed E-state index contributed by atoms with van der Waals surface area (Å²) in [7, 11) is 1.99. The van der Waals surface area contributed by atoms with Gasteiger partial charge in [0.15, 0.2) is 0 Å². The number of piperidine rings is 1. The molecule has 1 unspecified atom stereocenters. The summed E-state index contributed by atoms with van der Waals surface area (Å²) in [6.45, 7) is 6.97. The van der Waals surface area contributed by atoms with E-state index in [1.807, 2.05) is 45.2 Å². The molecule has 2 rings (SSSR count). The first kappa shape index (κ1) is 17.8. The fraction of sp³-hybridized carbons (Fsp3) is 0.611. The number of carbonyl (C=O) groups is 1. The summed E-state index contributed by atoms with van der Waals surface area (Å²) in [5.41, 5.74) is 1.06. The average Bonchev–Trinajstić information content (AvgIpc) is 2.53. The minimum atomic E-state index is 0.0805. The zero-order chi connectivity index (χ0) is 16.7. The molecule has 2 N–H and O–H groups in total. The van der Waals surface area contributed by atoms with Crippen LogP contribution in [-0.4, -0.2) is 49.6 Å². The molecule has 0 aromatic heterocycles. The van der Waals surface area contributed by atoms with E-state index in [0.717, 1.165) is 30.8 Å². The van der Waals surface area contributed by atoms with Crippen LogP contribution in [-0.2, 0) is 11.3 Å². The molecule has 0 radical (unpaired) electrons. The van der Waals surface area contributed by atoms with Crippen LogP contribution in [0.2, 0.25) is 0 Å². The van der Waals surface area contributed by atoms with Gasteiger partial charge in [-0.3, -0.25) is 9.69 Å². The lowest BCUT2D eigenvalue weighted by Gasteiger charge is -2.31. The van der Waals surface area contributed by atoms with Gasteiger partial charge in [0.2, 0.25) is 5.91 Å². The number of amides is 1. The SMILES string of the molecule is CNC1CCCN(CC(=O)NCc2cccc(OC(C)C)c2)C1. The number of carbonyl (C=O) groups excluding carboxylic acids is 1. The van der Waals surface area contributed by atoms with Crippen molar-refractivity contribution in [2.45, 2.75) is 45.4 Å². The van der Waals surface area contributed by atoms with Crippen molar-refractivity contribution in [2.24, 2.45) is 0 Å². The topological polar surface area (TPSA) is 53.6 Å². The molecule has 1 atom stereocenters. The second kappa shape index (κ2) is 8.89. The van der Waals surface area contributed by atoms with E-state index in [2.05, 4.69) is 15.5 Å². The maximum absolute atomic E-state index is 12.1. The molecule has 0 bridgehead atoms. The number of rotatable bonds is 7. The zero-order valence-electron chi connectivity index (χ0n) is 14.5. The number of likely N-dealkylation sites (N-methyl/N-ethyl adjacent to an activating group) is 1. The molecule has 128 valence electrons. The normalized spacial score (nSPS) is 18.9. The van der Waals surface area contributed by atoms with E-state index in [-0.39, 0.29) is 12.0 Å². The molecule has 5 heteroatoms. The number of likely N-dealkylation sites (tertiary alicyclic amines) is 1. The molecule has 1 fully saturated rings. The molecule has 1 aromatic rings. The maximum Gasteiger partial charge on any atom is 0.234 e. The monoisotopic (exact) mass is 319 g/mol. The highest BCUT2D eigenvalue weighted by molar-refractivity contribution is 5.78. The first-order valence-electron chi connectivity index (χ1n) is 8.48. The van der Waals surface area contributed by atoms with Gasteiger partial charge >= 0.3 is 0 Å². The van der Waals surface area contributed by atoms with Crippen molar-refractivity contribution in [2.75, 3.05) is 26.7 Å². The lowest BCUT2D eigenvalue weighted by atomic mass is 10.1. The van der Waals surface area contributed by atoms with Crippen LogP contribution in [0.15, 0.2) is 24.3 Å². The van der Waals surface area contributed by atoms with Crippen LogP contribution in [0.1, 0.15) is 32.3 Å². The summed E-state index contributed by atoms with van der Waals surface area (Å²) in [4.78, 5) is 14.4. The molecule has 0 saturated carbocycles. The van der Waals surface area contributed by atoms with Gasteiger partial charge in [-0.05, 0) is 58.0 Å². The van der Waals surface area contributed by atoms with Gasteiger partial charge in [0.25, 0.3) is 0 Å². The number of benzene rings is 1. The molecule has 0 aliphatic carbocycles. The molecule has 1 aliphatic heterocycles. The first-order chi connectivity index (χ1) is 11.1. The van der Waals surface area contributed by atoms with Gasteiger partial charge in [0.1, 0.15) is 5.75 Å². The van der Waals surface area contributed by atoms with Gasteiger partial charge in [0, 0.05) is 19.1 Å². The molecule has 23 heavy (non-hydrogen) atoms. The van der Waals surface area contributed by atoms with Crippen molar-refractivity contribution in [3.63, 3.8) is 0 Å². The average molecular weight is 319 g/mol. The van der Waals surface area contributed by atoms with Crippen LogP contribution < -0.4 is 15.4 Å². The Balaban J connectivity index is 1.78. The third kappa shape index (κ3) is 6.20. The fourth-order valence-corrected chi connectivity index (χ4v) is 2.90. The summed E-state index contributed by atoms with van der Waals surface area (Å²) >= 11 is 0. The summed E-state index contributed by atoms with van der Waals surface area (Å²) in [5.74, 6) is 0.927. The van der Waals surface area contributed by atoms with Crippen LogP contribution in [0.25, 0.3) is 0 Å². The van der Waals surface area contributed by atoms with Gasteiger partial charge in [-0.2, -0.15) is 0 Å². The number of nitrogens with zero attached hydrogens (tertiary/aromatic N) is 1. The molecule has 1 aliphatic rings. The maximum atomic E-state index is 12.1. The van der Waals surface area contributed by atoms with Crippen LogP contribution in [0.4, 0.5) is 0 Å². The molecule has 1 heterocycles. The molecule has 0 spiro atoms. The quantitative estimate of drug-likeness (QED) is 0.804. The van der Waals surface area contributed by atoms with Crippen molar-refractivity contribution in [1.29, 1.82) is 0 Å². The standard InChI is InChI=1S/C18H29N3O2/c1-14(2)23-17-8-4-6-15(10-17)11-20-18(22)13-21-9-5-7-16(12-21)19-3/h4,6,8,10,14,16,19H,5,7,9,11-13H2,1-3H3,(H,20,22). The van der Waals surface area contributed by atoms with Gasteiger partial charge < -0.3 is 15.4 Å². The van der Waals surface area contributed by atoms with Gasteiger partial charge in [-0.1, -0.05) is 12.1 Å². The van der Waals surface area contributed by atoms with Crippen LogP contribution in [0.3, 0.4) is 0 Å². The number of ether oxygens (including phenoxy) is 1. The van der Waals surface area contributed by atoms with Crippen molar-refractivity contribution in [1.82, 2.24) is 15.5 Å². The Hall–Kier alpha value is -1.59. The highest BCUT2D eigenvalue weighted by Gasteiger charge is 2.20. The smallest absolute Gasteiger partial charge is 0.234 e. The van der Waals surface area contributed by atoms with E-state index >= 15 is 0 Å². The Labute approximate surface area is 139 Å². The van der Waals surface area contributed by atoms with Crippen LogP contribution in [0.5, 0.6) is 5.75 Å². The fourth-order valence-electron chi connectivity index (χ4n) is 2.90. The number of hydrogen-bond donors (Lipinski definition) is 2. The Kier molecular flexibility index (Phi) is 6.86. The second-order valence-corrected chi connectivity index (χ2v) is 6.45. The molecule has 1 aromatic carbocycles. The van der Waals surface area contributed by atoms with Crippen molar-refractivity contribution in [3.8, 4) is 5.75 Å². The van der Waals surface area contributed by atoms with Crippen LogP contribution in [0, 0.1) is 0 Å². The third-order valence-electron chi connectivity index (χ3n) is 4.04. The summed E-state index contributed by atoms with van der Waals surface area (Å²) < 4.78 is 5.68. The van der Waals surface area contributed by atoms with E-state index < -0.39 is 0 Å². The third-order valence-corrected chi connectivity index (χ3v) is 4.04. The minimum absolute atomic E-state index is 0.0805. The highest BCUT2D eigenvalue weighted by Crippen LogP contribution is 2.15. The predicted molar refractivity (Wildman–Crippen MR) is 92.6 cm³/mol. The largest absolute Gasteiger partial charge is 0.491 e. The molecule has 5 nitrogen and oxygen atoms in total. The Morgan fingerprint density at radius 3 is 3.00 bits per heavy atom. The van der Waals surface area contributed by atoms with Crippen LogP contribution >= 0.6 is 0 Å². The van der Waals surface area contributed by atoms with Crippen molar-refractivity contribution < 1.29 is 9.53 Å². The lowest BCUT2D eigenvalue weighted by molar-refractivity contribution is -0.122. The second-order valence-electron chi connectivity index (χ2n) is 6.45. The van der Waals surface area contributed by atoms with E-state index in [0.29, 0.717) is 19.1 Å². The van der Waals surface area contributed by atoms with E-state index in [1.165, 1.54) is 6.42 Å².